The van der Waals surface area contributed by atoms with Gasteiger partial charge >= 0.3 is 11.4 Å². The maximum atomic E-state index is 14.8. The molecule has 0 amide bonds. The highest BCUT2D eigenvalue weighted by Crippen LogP contribution is 2.29. The molecule has 1 aromatic carbocycles. The Balaban J connectivity index is 1.65. The number of anilines is 1. The summed E-state index contributed by atoms with van der Waals surface area (Å²) in [5, 5.41) is 4.69. The minimum atomic E-state index is -1.83. The van der Waals surface area contributed by atoms with Gasteiger partial charge in [-0.15, -0.1) is 0 Å². The van der Waals surface area contributed by atoms with Gasteiger partial charge in [-0.05, 0) is 23.8 Å². The second-order valence-corrected chi connectivity index (χ2v) is 8.27. The first-order valence-electron chi connectivity index (χ1n) is 11.3. The van der Waals surface area contributed by atoms with Crippen molar-refractivity contribution in [3.8, 4) is 0 Å². The number of aromatic nitrogens is 4. The van der Waals surface area contributed by atoms with Crippen molar-refractivity contribution in [2.24, 2.45) is 0 Å². The van der Waals surface area contributed by atoms with Crippen LogP contribution in [-0.4, -0.2) is 37.2 Å². The Bertz CT molecular complexity index is 1640. The quantitative estimate of drug-likeness (QED) is 0.474. The molecule has 1 atom stereocenters. The average molecular weight is 522 g/mol. The highest BCUT2D eigenvalue weighted by Gasteiger charge is 2.26. The molecule has 0 fully saturated rings. The number of hydrogen-bond acceptors (Lipinski definition) is 8. The van der Waals surface area contributed by atoms with Gasteiger partial charge in [-0.1, -0.05) is 11.6 Å². The van der Waals surface area contributed by atoms with Crippen LogP contribution in [0.1, 0.15) is 14.0 Å². The summed E-state index contributed by atoms with van der Waals surface area (Å²) in [6.45, 7) is -1.24. The monoisotopic (exact) mass is 521 g/mol. The molecule has 2 aliphatic rings. The number of oxazole rings is 1. The van der Waals surface area contributed by atoms with E-state index in [1.54, 1.807) is 30.4 Å². The molecule has 1 aliphatic heterocycles. The number of hydrogen-bond donors (Lipinski definition) is 2. The third-order valence-electron chi connectivity index (χ3n) is 5.38. The third kappa shape index (κ3) is 4.45. The van der Waals surface area contributed by atoms with E-state index in [0.717, 1.165) is 16.5 Å². The largest absolute Gasteiger partial charge is 0.451 e. The molecule has 3 aromatic rings. The molecule has 186 valence electrons. The lowest BCUT2D eigenvalue weighted by atomic mass is 10.0. The van der Waals surface area contributed by atoms with Gasteiger partial charge in [0.05, 0.1) is 38.3 Å². The molecule has 5 rings (SSSR count). The van der Waals surface area contributed by atoms with Gasteiger partial charge in [0, 0.05) is 24.9 Å². The van der Waals surface area contributed by atoms with Crippen LogP contribution in [-0.2, 0) is 13.1 Å². The number of allylic oxidation sites excluding steroid dienone is 1. The first-order valence-corrected chi connectivity index (χ1v) is 10.7. The van der Waals surface area contributed by atoms with Crippen molar-refractivity contribution in [1.29, 1.82) is 0 Å². The molecule has 0 radical (unpaired) electrons. The van der Waals surface area contributed by atoms with Gasteiger partial charge in [-0.3, -0.25) is 4.57 Å². The SMILES string of the molecule is [2H]c1c(F)c(F)c([2H])c(Cn2c(NC3=CC4=CN(C)NC4C=C3Cl)nc(=O)n(Cc3cocn3)c2=O)c1F. The van der Waals surface area contributed by atoms with E-state index in [0.29, 0.717) is 4.57 Å². The molecule has 1 unspecified atom stereocenters. The standard InChI is InChI=1S/C22H17ClF3N7O3/c1-31-6-12-3-19(14(23)4-18(12)30-31)28-20-29-21(34)33(8-13-9-36-10-27-13)22(35)32(20)7-11-2-16(25)17(26)5-15(11)24/h2-6,9-10,18,30H,7-8H2,1H3,(H,28,29,34)/i2D,5D. The van der Waals surface area contributed by atoms with Crippen molar-refractivity contribution >= 4 is 17.5 Å². The zero-order chi connectivity index (χ0) is 27.3. The number of rotatable bonds is 6. The first-order chi connectivity index (χ1) is 18.0. The predicted molar refractivity (Wildman–Crippen MR) is 122 cm³/mol. The van der Waals surface area contributed by atoms with Gasteiger partial charge in [-0.2, -0.15) is 4.98 Å². The smallest absolute Gasteiger partial charge is 0.355 e. The second kappa shape index (κ2) is 9.17. The summed E-state index contributed by atoms with van der Waals surface area (Å²) in [6, 6.07) is -2.82. The maximum Gasteiger partial charge on any atom is 0.355 e. The number of nitrogens with one attached hydrogen (secondary N) is 2. The molecule has 2 aromatic heterocycles. The topological polar surface area (TPSA) is 110 Å². The first kappa shape index (κ1) is 21.2. The van der Waals surface area contributed by atoms with Crippen molar-refractivity contribution < 1.29 is 20.3 Å². The molecular formula is C22H17ClF3N7O3. The van der Waals surface area contributed by atoms with Crippen molar-refractivity contribution in [1.82, 2.24) is 29.5 Å². The van der Waals surface area contributed by atoms with E-state index in [9.17, 15) is 22.8 Å². The average Bonchev–Trinajstić information content (AvgIpc) is 3.52. The fourth-order valence-corrected chi connectivity index (χ4v) is 3.93. The molecule has 0 saturated heterocycles. The highest BCUT2D eigenvalue weighted by atomic mass is 35.5. The molecule has 10 nitrogen and oxygen atoms in total. The van der Waals surface area contributed by atoms with Crippen LogP contribution in [0.25, 0.3) is 0 Å². The van der Waals surface area contributed by atoms with Gasteiger partial charge in [0.1, 0.15) is 12.1 Å². The summed E-state index contributed by atoms with van der Waals surface area (Å²) in [4.78, 5) is 34.0. The lowest BCUT2D eigenvalue weighted by Gasteiger charge is -2.21. The molecule has 0 spiro atoms. The summed E-state index contributed by atoms with van der Waals surface area (Å²) in [7, 11) is 1.77. The minimum Gasteiger partial charge on any atom is -0.451 e. The molecule has 3 heterocycles. The van der Waals surface area contributed by atoms with Crippen LogP contribution in [0.5, 0.6) is 0 Å². The lowest BCUT2D eigenvalue weighted by molar-refractivity contribution is 0.349. The minimum absolute atomic E-state index is 0.198. The number of halogens is 4. The van der Waals surface area contributed by atoms with Gasteiger partial charge in [0.25, 0.3) is 0 Å². The summed E-state index contributed by atoms with van der Waals surface area (Å²) in [6.07, 6.45) is 7.36. The van der Waals surface area contributed by atoms with Crippen LogP contribution in [0.15, 0.2) is 73.4 Å². The fourth-order valence-electron chi connectivity index (χ4n) is 3.70. The van der Waals surface area contributed by atoms with E-state index in [2.05, 4.69) is 20.7 Å². The normalized spacial score (nSPS) is 17.8. The number of hydrazine groups is 1. The summed E-state index contributed by atoms with van der Waals surface area (Å²) >= 11 is 6.40. The Labute approximate surface area is 208 Å². The van der Waals surface area contributed by atoms with Crippen LogP contribution in [0.3, 0.4) is 0 Å². The van der Waals surface area contributed by atoms with E-state index < -0.39 is 59.0 Å². The molecule has 14 heteroatoms. The lowest BCUT2D eigenvalue weighted by Crippen LogP contribution is -2.43. The molecule has 2 N–H and O–H groups in total. The Kier molecular flexibility index (Phi) is 5.40. The van der Waals surface area contributed by atoms with E-state index >= 15 is 0 Å². The van der Waals surface area contributed by atoms with Gasteiger partial charge in [-0.25, -0.2) is 37.7 Å². The van der Waals surface area contributed by atoms with Crippen molar-refractivity contribution in [2.75, 3.05) is 12.4 Å². The second-order valence-electron chi connectivity index (χ2n) is 7.87. The van der Waals surface area contributed by atoms with Gasteiger partial charge < -0.3 is 14.7 Å². The van der Waals surface area contributed by atoms with E-state index in [-0.39, 0.29) is 29.0 Å². The summed E-state index contributed by atoms with van der Waals surface area (Å²) < 4.78 is 64.5. The maximum absolute atomic E-state index is 14.8. The molecular weight excluding hydrogens is 503 g/mol. The molecule has 36 heavy (non-hydrogen) atoms. The molecule has 0 saturated carbocycles. The zero-order valence-electron chi connectivity index (χ0n) is 20.4. The van der Waals surface area contributed by atoms with Crippen LogP contribution < -0.4 is 22.1 Å². The van der Waals surface area contributed by atoms with Crippen LogP contribution in [0.2, 0.25) is 0 Å². The molecule has 1 aliphatic carbocycles. The number of benzene rings is 1. The van der Waals surface area contributed by atoms with Crippen LogP contribution in [0.4, 0.5) is 19.1 Å². The van der Waals surface area contributed by atoms with Crippen LogP contribution >= 0.6 is 11.6 Å². The van der Waals surface area contributed by atoms with E-state index in [4.69, 9.17) is 18.8 Å². The third-order valence-corrected chi connectivity index (χ3v) is 5.71. The Morgan fingerprint density at radius 1 is 1.19 bits per heavy atom. The fraction of sp³-hybridized carbons (Fsp3) is 0.182. The number of fused-ring (bicyclic) bond motifs is 1. The van der Waals surface area contributed by atoms with Gasteiger partial charge in [0.15, 0.2) is 18.0 Å². The predicted octanol–water partition coefficient (Wildman–Crippen LogP) is 2.04. The Morgan fingerprint density at radius 2 is 1.97 bits per heavy atom. The van der Waals surface area contributed by atoms with Crippen molar-refractivity contribution in [3.63, 3.8) is 0 Å². The Hall–Kier alpha value is -4.10. The van der Waals surface area contributed by atoms with Crippen molar-refractivity contribution in [2.45, 2.75) is 19.1 Å². The van der Waals surface area contributed by atoms with E-state index in [1.807, 2.05) is 0 Å². The van der Waals surface area contributed by atoms with Crippen LogP contribution in [0, 0.1) is 17.5 Å². The van der Waals surface area contributed by atoms with Gasteiger partial charge in [0.2, 0.25) is 5.95 Å². The summed E-state index contributed by atoms with van der Waals surface area (Å²) in [5.41, 5.74) is 1.48. The zero-order valence-corrected chi connectivity index (χ0v) is 19.1. The number of nitrogens with zero attached hydrogens (tertiary/aromatic N) is 5. The molecule has 0 bridgehead atoms. The summed E-state index contributed by atoms with van der Waals surface area (Å²) in [5.74, 6) is -5.54. The van der Waals surface area contributed by atoms with E-state index in [1.165, 1.54) is 6.26 Å². The Morgan fingerprint density at radius 3 is 2.72 bits per heavy atom. The highest BCUT2D eigenvalue weighted by molar-refractivity contribution is 6.32. The van der Waals surface area contributed by atoms with Crippen molar-refractivity contribution in [3.05, 3.63) is 109 Å².